The summed E-state index contributed by atoms with van der Waals surface area (Å²) in [5, 5.41) is 0. The molecule has 0 aromatic carbocycles. The van der Waals surface area contributed by atoms with Gasteiger partial charge in [0.25, 0.3) is 0 Å². The molecule has 0 aliphatic rings. The van der Waals surface area contributed by atoms with Crippen molar-refractivity contribution in [1.82, 2.24) is 0 Å². The molecule has 0 aromatic rings. The van der Waals surface area contributed by atoms with Gasteiger partial charge in [0.05, 0.1) is 0 Å². The standard InChI is InChI=1S/C16H32/c1-5-7-8-9-10-11-12-13-15-16(3,4)14-6-2/h6H,2,5,7-15H2,1,3-4H3. The first kappa shape index (κ1) is 15.7. The van der Waals surface area contributed by atoms with Gasteiger partial charge in [0.1, 0.15) is 0 Å². The van der Waals surface area contributed by atoms with Crippen LogP contribution < -0.4 is 0 Å². The summed E-state index contributed by atoms with van der Waals surface area (Å²) in [6.07, 6.45) is 15.9. The van der Waals surface area contributed by atoms with Crippen LogP contribution in [-0.2, 0) is 0 Å². The first-order valence-electron chi connectivity index (χ1n) is 7.23. The lowest BCUT2D eigenvalue weighted by atomic mass is 9.83. The maximum atomic E-state index is 3.83. The van der Waals surface area contributed by atoms with E-state index in [1.807, 2.05) is 0 Å². The van der Waals surface area contributed by atoms with E-state index in [0.717, 1.165) is 6.42 Å². The van der Waals surface area contributed by atoms with Crippen LogP contribution in [0.5, 0.6) is 0 Å². The quantitative estimate of drug-likeness (QED) is 0.293. The predicted octanol–water partition coefficient (Wildman–Crippen LogP) is 6.12. The van der Waals surface area contributed by atoms with Crippen molar-refractivity contribution in [1.29, 1.82) is 0 Å². The van der Waals surface area contributed by atoms with E-state index in [9.17, 15) is 0 Å². The van der Waals surface area contributed by atoms with Crippen molar-refractivity contribution in [3.63, 3.8) is 0 Å². The second-order valence-electron chi connectivity index (χ2n) is 5.88. The summed E-state index contributed by atoms with van der Waals surface area (Å²) >= 11 is 0. The minimum atomic E-state index is 0.476. The Hall–Kier alpha value is -0.260. The van der Waals surface area contributed by atoms with Crippen LogP contribution in [0.3, 0.4) is 0 Å². The fourth-order valence-corrected chi connectivity index (χ4v) is 2.23. The van der Waals surface area contributed by atoms with Crippen molar-refractivity contribution in [2.45, 2.75) is 85.0 Å². The monoisotopic (exact) mass is 224 g/mol. The molecule has 0 fully saturated rings. The van der Waals surface area contributed by atoms with Gasteiger partial charge in [0, 0.05) is 0 Å². The maximum Gasteiger partial charge on any atom is -0.0302 e. The molecule has 0 heteroatoms. The SMILES string of the molecule is C=CCC(C)(C)CCCCCCCCCC. The highest BCUT2D eigenvalue weighted by Crippen LogP contribution is 2.28. The third kappa shape index (κ3) is 10.3. The van der Waals surface area contributed by atoms with Crippen LogP contribution in [0.4, 0.5) is 0 Å². The van der Waals surface area contributed by atoms with Crippen LogP contribution in [0, 0.1) is 5.41 Å². The average Bonchev–Trinajstić information content (AvgIpc) is 2.22. The van der Waals surface area contributed by atoms with Crippen LogP contribution in [-0.4, -0.2) is 0 Å². The maximum absolute atomic E-state index is 3.83. The van der Waals surface area contributed by atoms with E-state index in [2.05, 4.69) is 33.4 Å². The highest BCUT2D eigenvalue weighted by Gasteiger charge is 2.14. The van der Waals surface area contributed by atoms with Gasteiger partial charge in [-0.3, -0.25) is 0 Å². The highest BCUT2D eigenvalue weighted by molar-refractivity contribution is 4.79. The molecule has 0 N–H and O–H groups in total. The largest absolute Gasteiger partial charge is 0.103 e. The fourth-order valence-electron chi connectivity index (χ4n) is 2.23. The van der Waals surface area contributed by atoms with Crippen molar-refractivity contribution >= 4 is 0 Å². The molecule has 0 saturated carbocycles. The smallest absolute Gasteiger partial charge is 0.0302 e. The van der Waals surface area contributed by atoms with Crippen molar-refractivity contribution in [2.24, 2.45) is 5.41 Å². The Morgan fingerprint density at radius 3 is 1.88 bits per heavy atom. The van der Waals surface area contributed by atoms with Crippen LogP contribution in [0.25, 0.3) is 0 Å². The molecular weight excluding hydrogens is 192 g/mol. The molecule has 0 amide bonds. The Kier molecular flexibility index (Phi) is 9.77. The Labute approximate surface area is 104 Å². The molecule has 0 spiro atoms. The molecule has 0 unspecified atom stereocenters. The van der Waals surface area contributed by atoms with Gasteiger partial charge in [-0.2, -0.15) is 0 Å². The van der Waals surface area contributed by atoms with Gasteiger partial charge in [-0.1, -0.05) is 78.2 Å². The third-order valence-electron chi connectivity index (χ3n) is 3.40. The molecule has 0 aliphatic carbocycles. The van der Waals surface area contributed by atoms with Gasteiger partial charge >= 0.3 is 0 Å². The van der Waals surface area contributed by atoms with Gasteiger partial charge in [-0.15, -0.1) is 6.58 Å². The number of unbranched alkanes of at least 4 members (excludes halogenated alkanes) is 7. The van der Waals surface area contributed by atoms with E-state index < -0.39 is 0 Å². The zero-order valence-electron chi connectivity index (χ0n) is 11.9. The lowest BCUT2D eigenvalue weighted by Gasteiger charge is -2.22. The average molecular weight is 224 g/mol. The Balaban J connectivity index is 3.23. The normalized spacial score (nSPS) is 11.7. The molecule has 0 aromatic heterocycles. The molecule has 0 bridgehead atoms. The summed E-state index contributed by atoms with van der Waals surface area (Å²) in [6.45, 7) is 10.8. The Morgan fingerprint density at radius 2 is 1.38 bits per heavy atom. The van der Waals surface area contributed by atoms with Crippen LogP contribution in [0.15, 0.2) is 12.7 Å². The number of rotatable bonds is 11. The number of hydrogen-bond acceptors (Lipinski definition) is 0. The summed E-state index contributed by atoms with van der Waals surface area (Å²) in [5.74, 6) is 0. The molecule has 0 atom stereocenters. The van der Waals surface area contributed by atoms with Gasteiger partial charge < -0.3 is 0 Å². The second-order valence-corrected chi connectivity index (χ2v) is 5.88. The third-order valence-corrected chi connectivity index (χ3v) is 3.40. The molecule has 0 saturated heterocycles. The van der Waals surface area contributed by atoms with Gasteiger partial charge in [0.15, 0.2) is 0 Å². The minimum absolute atomic E-state index is 0.476. The first-order chi connectivity index (χ1) is 7.62. The highest BCUT2D eigenvalue weighted by atomic mass is 14.2. The van der Waals surface area contributed by atoms with Gasteiger partial charge in [-0.05, 0) is 18.3 Å². The van der Waals surface area contributed by atoms with Gasteiger partial charge in [0.2, 0.25) is 0 Å². The lowest BCUT2D eigenvalue weighted by molar-refractivity contribution is 0.323. The zero-order valence-corrected chi connectivity index (χ0v) is 11.9. The van der Waals surface area contributed by atoms with Crippen molar-refractivity contribution < 1.29 is 0 Å². The summed E-state index contributed by atoms with van der Waals surface area (Å²) in [7, 11) is 0. The van der Waals surface area contributed by atoms with Crippen molar-refractivity contribution in [3.8, 4) is 0 Å². The van der Waals surface area contributed by atoms with E-state index in [-0.39, 0.29) is 0 Å². The molecule has 16 heavy (non-hydrogen) atoms. The lowest BCUT2D eigenvalue weighted by Crippen LogP contribution is -2.09. The van der Waals surface area contributed by atoms with Gasteiger partial charge in [-0.25, -0.2) is 0 Å². The topological polar surface area (TPSA) is 0 Å². The summed E-state index contributed by atoms with van der Waals surface area (Å²) in [6, 6.07) is 0. The minimum Gasteiger partial charge on any atom is -0.103 e. The molecule has 0 heterocycles. The Morgan fingerprint density at radius 1 is 0.875 bits per heavy atom. The number of allylic oxidation sites excluding steroid dienone is 1. The van der Waals surface area contributed by atoms with E-state index in [1.54, 1.807) is 0 Å². The fraction of sp³-hybridized carbons (Fsp3) is 0.875. The summed E-state index contributed by atoms with van der Waals surface area (Å²) in [4.78, 5) is 0. The molecule has 0 rings (SSSR count). The summed E-state index contributed by atoms with van der Waals surface area (Å²) in [5.41, 5.74) is 0.476. The molecular formula is C16H32. The van der Waals surface area contributed by atoms with E-state index >= 15 is 0 Å². The van der Waals surface area contributed by atoms with E-state index in [4.69, 9.17) is 0 Å². The summed E-state index contributed by atoms with van der Waals surface area (Å²) < 4.78 is 0. The molecule has 96 valence electrons. The van der Waals surface area contributed by atoms with Crippen LogP contribution >= 0.6 is 0 Å². The molecule has 0 nitrogen and oxygen atoms in total. The van der Waals surface area contributed by atoms with Crippen LogP contribution in [0.2, 0.25) is 0 Å². The van der Waals surface area contributed by atoms with Crippen molar-refractivity contribution in [3.05, 3.63) is 12.7 Å². The van der Waals surface area contributed by atoms with Crippen LogP contribution in [0.1, 0.15) is 85.0 Å². The second kappa shape index (κ2) is 9.93. The Bertz CT molecular complexity index is 155. The first-order valence-corrected chi connectivity index (χ1v) is 7.23. The number of hydrogen-bond donors (Lipinski definition) is 0. The predicted molar refractivity (Wildman–Crippen MR) is 75.8 cm³/mol. The van der Waals surface area contributed by atoms with E-state index in [1.165, 1.54) is 57.8 Å². The molecule has 0 aliphatic heterocycles. The van der Waals surface area contributed by atoms with Crippen molar-refractivity contribution in [2.75, 3.05) is 0 Å². The van der Waals surface area contributed by atoms with E-state index in [0.29, 0.717) is 5.41 Å². The molecule has 0 radical (unpaired) electrons. The zero-order chi connectivity index (χ0) is 12.3.